The normalized spacial score (nSPS) is 15.4. The Morgan fingerprint density at radius 2 is 1.83 bits per heavy atom. The highest BCUT2D eigenvalue weighted by molar-refractivity contribution is 8.04. The van der Waals surface area contributed by atoms with Crippen molar-refractivity contribution in [1.82, 2.24) is 0 Å². The van der Waals surface area contributed by atoms with Gasteiger partial charge in [-0.15, -0.1) is 0 Å². The Bertz CT molecular complexity index is 1550. The first-order valence-corrected chi connectivity index (χ1v) is 15.5. The molecule has 0 aliphatic carbocycles. The smallest absolute Gasteiger partial charge is 0.326 e. The van der Waals surface area contributed by atoms with Crippen molar-refractivity contribution < 1.29 is 30.5 Å². The minimum Gasteiger partial charge on any atom is -0.372 e. The maximum absolute atomic E-state index is 11.9. The molecule has 2 aromatic carbocycles. The second-order valence-corrected chi connectivity index (χ2v) is 13.7. The van der Waals surface area contributed by atoms with Gasteiger partial charge in [-0.1, -0.05) is 34.7 Å². The third-order valence-electron chi connectivity index (χ3n) is 5.42. The molecule has 1 aliphatic rings. The van der Waals surface area contributed by atoms with Crippen molar-refractivity contribution in [3.05, 3.63) is 51.5 Å². The van der Waals surface area contributed by atoms with Gasteiger partial charge in [0.1, 0.15) is 4.70 Å². The number of fused-ring (bicyclic) bond motifs is 2. The maximum Gasteiger partial charge on any atom is 0.326 e. The molecule has 9 nitrogen and oxygen atoms in total. The van der Waals surface area contributed by atoms with E-state index in [1.165, 1.54) is 32.6 Å². The van der Waals surface area contributed by atoms with Gasteiger partial charge in [0.25, 0.3) is 21.0 Å². The SMILES string of the molecule is CC(C)N(C)c1ccc2sc(/C=C3\Sc4ccc(Cl)cc4N3CS(=O)(=O)O)[n+](CS(=O)(=O)O)c2c1. The van der Waals surface area contributed by atoms with Gasteiger partial charge >= 0.3 is 10.1 Å². The monoisotopic (exact) mass is 576 g/mol. The number of anilines is 2. The van der Waals surface area contributed by atoms with E-state index >= 15 is 0 Å². The highest BCUT2D eigenvalue weighted by atomic mass is 35.5. The van der Waals surface area contributed by atoms with Crippen molar-refractivity contribution in [1.29, 1.82) is 0 Å². The van der Waals surface area contributed by atoms with Crippen molar-refractivity contribution >= 4 is 82.6 Å². The lowest BCUT2D eigenvalue weighted by Gasteiger charge is -2.23. The van der Waals surface area contributed by atoms with Crippen molar-refractivity contribution in [2.24, 2.45) is 0 Å². The fourth-order valence-corrected chi connectivity index (χ4v) is 7.37. The molecule has 14 heteroatoms. The number of halogens is 1. The van der Waals surface area contributed by atoms with Gasteiger partial charge in [-0.3, -0.25) is 9.11 Å². The number of thioether (sulfide) groups is 1. The van der Waals surface area contributed by atoms with E-state index in [9.17, 15) is 25.9 Å². The predicted octanol–water partition coefficient (Wildman–Crippen LogP) is 4.29. The Morgan fingerprint density at radius 3 is 2.46 bits per heavy atom. The minimum absolute atomic E-state index is 0.205. The number of thiazole rings is 1. The molecule has 0 fully saturated rings. The van der Waals surface area contributed by atoms with Gasteiger partial charge in [0.05, 0.1) is 16.8 Å². The molecule has 1 aliphatic heterocycles. The molecule has 0 atom stereocenters. The topological polar surface area (TPSA) is 119 Å². The zero-order valence-electron chi connectivity index (χ0n) is 18.9. The van der Waals surface area contributed by atoms with E-state index in [1.807, 2.05) is 44.0 Å². The molecule has 1 aromatic heterocycles. The highest BCUT2D eigenvalue weighted by Crippen LogP contribution is 2.48. The Kier molecular flexibility index (Phi) is 7.14. The van der Waals surface area contributed by atoms with Crippen LogP contribution in [-0.2, 0) is 26.1 Å². The first-order valence-electron chi connectivity index (χ1n) is 10.3. The van der Waals surface area contributed by atoms with Crippen LogP contribution in [0, 0.1) is 0 Å². The van der Waals surface area contributed by atoms with Crippen LogP contribution in [0.15, 0.2) is 46.3 Å². The molecular weight excluding hydrogens is 554 g/mol. The fraction of sp³-hybridized carbons (Fsp3) is 0.286. The largest absolute Gasteiger partial charge is 0.372 e. The van der Waals surface area contributed by atoms with E-state index in [4.69, 9.17) is 11.6 Å². The predicted molar refractivity (Wildman–Crippen MR) is 141 cm³/mol. The quantitative estimate of drug-likeness (QED) is 0.313. The Labute approximate surface area is 217 Å². The number of hydrogen-bond donors (Lipinski definition) is 2. The highest BCUT2D eigenvalue weighted by Gasteiger charge is 2.32. The molecule has 4 rings (SSSR count). The molecule has 2 N–H and O–H groups in total. The number of hydrogen-bond acceptors (Lipinski definition) is 8. The molecular formula is C21H23ClN3O6S4+. The van der Waals surface area contributed by atoms with Crippen molar-refractivity contribution in [3.8, 4) is 0 Å². The molecule has 0 unspecified atom stereocenters. The van der Waals surface area contributed by atoms with Crippen molar-refractivity contribution in [3.63, 3.8) is 0 Å². The third-order valence-corrected chi connectivity index (χ3v) is 9.05. The van der Waals surface area contributed by atoms with E-state index in [2.05, 4.69) is 0 Å². The zero-order chi connectivity index (χ0) is 25.7. The van der Waals surface area contributed by atoms with Crippen LogP contribution < -0.4 is 14.4 Å². The van der Waals surface area contributed by atoms with Gasteiger partial charge in [-0.05, 0) is 44.2 Å². The molecule has 0 amide bonds. The van der Waals surface area contributed by atoms with Gasteiger partial charge in [0, 0.05) is 34.8 Å². The van der Waals surface area contributed by atoms with Gasteiger partial charge < -0.3 is 9.80 Å². The fourth-order valence-electron chi connectivity index (χ4n) is 3.59. The Hall–Kier alpha value is -1.87. The van der Waals surface area contributed by atoms with E-state index in [0.29, 0.717) is 26.3 Å². The Morgan fingerprint density at radius 1 is 1.11 bits per heavy atom. The number of benzene rings is 2. The van der Waals surface area contributed by atoms with Crippen LogP contribution in [0.2, 0.25) is 5.02 Å². The first-order chi connectivity index (χ1) is 16.2. The van der Waals surface area contributed by atoms with Crippen LogP contribution in [0.3, 0.4) is 0 Å². The summed E-state index contributed by atoms with van der Waals surface area (Å²) in [7, 11) is -6.85. The Balaban J connectivity index is 1.89. The molecule has 35 heavy (non-hydrogen) atoms. The number of aromatic nitrogens is 1. The van der Waals surface area contributed by atoms with E-state index in [1.54, 1.807) is 24.3 Å². The average molecular weight is 577 g/mol. The summed E-state index contributed by atoms with van der Waals surface area (Å²) >= 11 is 8.67. The first kappa shape index (κ1) is 26.2. The zero-order valence-corrected chi connectivity index (χ0v) is 22.9. The number of nitrogens with zero attached hydrogens (tertiary/aromatic N) is 3. The van der Waals surface area contributed by atoms with Crippen LogP contribution >= 0.6 is 34.7 Å². The summed E-state index contributed by atoms with van der Waals surface area (Å²) in [4.78, 5) is 4.17. The summed E-state index contributed by atoms with van der Waals surface area (Å²) in [5.41, 5.74) is 1.99. The van der Waals surface area contributed by atoms with Crippen LogP contribution in [0.1, 0.15) is 18.9 Å². The third kappa shape index (κ3) is 5.93. The summed E-state index contributed by atoms with van der Waals surface area (Å²) in [6, 6.07) is 10.9. The summed E-state index contributed by atoms with van der Waals surface area (Å²) in [5, 5.41) is 1.33. The van der Waals surface area contributed by atoms with Crippen LogP contribution in [0.4, 0.5) is 11.4 Å². The van der Waals surface area contributed by atoms with Gasteiger partial charge in [0.2, 0.25) is 5.52 Å². The lowest BCUT2D eigenvalue weighted by Crippen LogP contribution is -2.39. The molecule has 0 radical (unpaired) electrons. The van der Waals surface area contributed by atoms with E-state index < -0.39 is 32.0 Å². The number of rotatable bonds is 7. The molecule has 3 aromatic rings. The summed E-state index contributed by atoms with van der Waals surface area (Å²) in [6.07, 6.45) is 1.64. The second-order valence-electron chi connectivity index (χ2n) is 8.27. The van der Waals surface area contributed by atoms with Gasteiger partial charge in [-0.25, -0.2) is 0 Å². The summed E-state index contributed by atoms with van der Waals surface area (Å²) in [5.74, 6) is -1.38. The molecule has 0 saturated carbocycles. The lowest BCUT2D eigenvalue weighted by molar-refractivity contribution is -0.649. The van der Waals surface area contributed by atoms with E-state index in [0.717, 1.165) is 15.3 Å². The average Bonchev–Trinajstić information content (AvgIpc) is 3.22. The van der Waals surface area contributed by atoms with Crippen LogP contribution in [0.5, 0.6) is 0 Å². The molecule has 0 spiro atoms. The van der Waals surface area contributed by atoms with Crippen molar-refractivity contribution in [2.75, 3.05) is 22.7 Å². The van der Waals surface area contributed by atoms with Gasteiger partial charge in [-0.2, -0.15) is 21.4 Å². The van der Waals surface area contributed by atoms with Crippen LogP contribution in [0.25, 0.3) is 16.3 Å². The minimum atomic E-state index is -4.39. The second kappa shape index (κ2) is 9.54. The standard InChI is InChI=1S/C21H22ClN3O6S4/c1-13(2)23(3)15-5-7-19-17(9-15)25(12-35(29,30)31)21(33-19)10-20-24(11-34(26,27)28)16-8-14(22)4-6-18(16)32-20/h4-10,13H,11-12H2,1-3H3,(H-,26,27,28,29,30,31)/p+1. The molecule has 0 saturated heterocycles. The summed E-state index contributed by atoms with van der Waals surface area (Å²) in [6.45, 7) is 4.07. The van der Waals surface area contributed by atoms with Gasteiger partial charge in [0.15, 0.2) is 5.88 Å². The van der Waals surface area contributed by atoms with Crippen LogP contribution in [-0.4, -0.2) is 44.9 Å². The lowest BCUT2D eigenvalue weighted by atomic mass is 10.2. The molecule has 0 bridgehead atoms. The van der Waals surface area contributed by atoms with Crippen molar-refractivity contribution in [2.45, 2.75) is 30.7 Å². The maximum atomic E-state index is 11.9. The van der Waals surface area contributed by atoms with E-state index in [-0.39, 0.29) is 6.04 Å². The molecule has 188 valence electrons. The summed E-state index contributed by atoms with van der Waals surface area (Å²) < 4.78 is 68.8. The molecule has 2 heterocycles.